The number of fused-ring (bicyclic) bond motifs is 2. The normalized spacial score (nSPS) is 14.6. The van der Waals surface area contributed by atoms with Crippen molar-refractivity contribution in [2.45, 2.75) is 46.1 Å². The van der Waals surface area contributed by atoms with Gasteiger partial charge in [0.1, 0.15) is 6.54 Å². The van der Waals surface area contributed by atoms with Crippen molar-refractivity contribution in [1.29, 1.82) is 0 Å². The first-order valence-electron chi connectivity index (χ1n) is 9.13. The van der Waals surface area contributed by atoms with Crippen LogP contribution in [0, 0.1) is 0 Å². The summed E-state index contributed by atoms with van der Waals surface area (Å²) in [5, 5.41) is 2.81. The molecule has 0 aliphatic carbocycles. The molecule has 0 saturated heterocycles. The quantitative estimate of drug-likeness (QED) is 0.750. The fraction of sp³-hybridized carbons (Fsp3) is 0.350. The van der Waals surface area contributed by atoms with Crippen LogP contribution in [0.4, 0.5) is 5.69 Å². The monoisotopic (exact) mass is 382 g/mol. The first-order chi connectivity index (χ1) is 13.2. The summed E-state index contributed by atoms with van der Waals surface area (Å²) in [6.07, 6.45) is 1.64. The van der Waals surface area contributed by atoms with Gasteiger partial charge in [0.05, 0.1) is 5.52 Å². The molecule has 0 fully saturated rings. The van der Waals surface area contributed by atoms with Crippen molar-refractivity contribution in [2.24, 2.45) is 0 Å². The molecule has 0 spiro atoms. The van der Waals surface area contributed by atoms with Crippen LogP contribution >= 0.6 is 0 Å². The third-order valence-electron chi connectivity index (χ3n) is 4.48. The maximum atomic E-state index is 12.8. The number of rotatable bonds is 4. The molecule has 3 aromatic rings. The highest BCUT2D eigenvalue weighted by Gasteiger charge is 2.31. The van der Waals surface area contributed by atoms with Gasteiger partial charge < -0.3 is 14.8 Å². The van der Waals surface area contributed by atoms with E-state index in [0.29, 0.717) is 28.4 Å². The molecule has 1 aromatic carbocycles. The van der Waals surface area contributed by atoms with E-state index in [1.165, 1.54) is 4.57 Å². The van der Waals surface area contributed by atoms with E-state index >= 15 is 0 Å². The summed E-state index contributed by atoms with van der Waals surface area (Å²) in [6, 6.07) is 8.68. The number of amides is 1. The summed E-state index contributed by atoms with van der Waals surface area (Å²) in [4.78, 5) is 29.7. The van der Waals surface area contributed by atoms with E-state index in [0.717, 1.165) is 0 Å². The molecule has 0 radical (unpaired) electrons. The van der Waals surface area contributed by atoms with Crippen LogP contribution in [0.5, 0.6) is 11.5 Å². The van der Waals surface area contributed by atoms with Gasteiger partial charge in [-0.2, -0.15) is 0 Å². The van der Waals surface area contributed by atoms with E-state index in [-0.39, 0.29) is 24.2 Å². The fourth-order valence-electron chi connectivity index (χ4n) is 3.37. The molecule has 1 N–H and O–H groups in total. The van der Waals surface area contributed by atoms with Crippen LogP contribution in [0.15, 0.2) is 41.3 Å². The lowest BCUT2D eigenvalue weighted by Gasteiger charge is -2.16. The average Bonchev–Trinajstić information content (AvgIpc) is 3.07. The van der Waals surface area contributed by atoms with Gasteiger partial charge >= 0.3 is 5.69 Å². The first kappa shape index (κ1) is 18.1. The Morgan fingerprint density at radius 3 is 2.71 bits per heavy atom. The summed E-state index contributed by atoms with van der Waals surface area (Å²) in [5.41, 5.74) is 1.51. The van der Waals surface area contributed by atoms with E-state index in [2.05, 4.69) is 10.3 Å². The topological polar surface area (TPSA) is 87.4 Å². The molecule has 28 heavy (non-hydrogen) atoms. The number of benzene rings is 1. The highest BCUT2D eigenvalue weighted by molar-refractivity contribution is 5.91. The maximum Gasteiger partial charge on any atom is 0.331 e. The number of anilines is 1. The lowest BCUT2D eigenvalue weighted by Crippen LogP contribution is -2.30. The van der Waals surface area contributed by atoms with E-state index in [1.54, 1.807) is 41.1 Å². The number of nitrogens with one attached hydrogen (secondary N) is 1. The van der Waals surface area contributed by atoms with Crippen LogP contribution in [-0.4, -0.2) is 25.8 Å². The van der Waals surface area contributed by atoms with Crippen LogP contribution in [-0.2, 0) is 11.3 Å². The van der Waals surface area contributed by atoms with Gasteiger partial charge in [-0.15, -0.1) is 0 Å². The van der Waals surface area contributed by atoms with Crippen molar-refractivity contribution in [3.8, 4) is 11.5 Å². The van der Waals surface area contributed by atoms with Gasteiger partial charge in [0.2, 0.25) is 11.7 Å². The number of carbonyl (C=O) groups is 1. The Morgan fingerprint density at radius 1 is 1.21 bits per heavy atom. The summed E-state index contributed by atoms with van der Waals surface area (Å²) in [6.45, 7) is 7.34. The minimum absolute atomic E-state index is 0.0635. The van der Waals surface area contributed by atoms with Gasteiger partial charge in [0.25, 0.3) is 0 Å². The standard InChI is InChI=1S/C20H22N4O4/c1-12(2)24-18-14(6-5-9-21-18)23(19(24)26)11-17(25)22-13-7-8-15-16(10-13)28-20(3,4)27-15/h5-10,12H,11H2,1-4H3,(H,22,25). The Morgan fingerprint density at radius 2 is 1.96 bits per heavy atom. The fourth-order valence-corrected chi connectivity index (χ4v) is 3.37. The molecule has 0 unspecified atom stereocenters. The van der Waals surface area contributed by atoms with Crippen molar-refractivity contribution in [2.75, 3.05) is 5.32 Å². The van der Waals surface area contributed by atoms with Crippen molar-refractivity contribution in [3.05, 3.63) is 47.0 Å². The number of aromatic nitrogens is 3. The number of carbonyl (C=O) groups excluding carboxylic acids is 1. The molecule has 8 nitrogen and oxygen atoms in total. The van der Waals surface area contributed by atoms with Gasteiger partial charge in [0.15, 0.2) is 17.1 Å². The second-order valence-electron chi connectivity index (χ2n) is 7.49. The van der Waals surface area contributed by atoms with Crippen LogP contribution in [0.2, 0.25) is 0 Å². The number of hydrogen-bond acceptors (Lipinski definition) is 5. The third-order valence-corrected chi connectivity index (χ3v) is 4.48. The van der Waals surface area contributed by atoms with Crippen LogP contribution in [0.25, 0.3) is 11.2 Å². The number of hydrogen-bond donors (Lipinski definition) is 1. The highest BCUT2D eigenvalue weighted by atomic mass is 16.7. The summed E-state index contributed by atoms with van der Waals surface area (Å²) < 4.78 is 14.4. The molecule has 0 atom stereocenters. The largest absolute Gasteiger partial charge is 0.449 e. The lowest BCUT2D eigenvalue weighted by molar-refractivity contribution is -0.116. The minimum atomic E-state index is -0.732. The second-order valence-corrected chi connectivity index (χ2v) is 7.49. The molecular weight excluding hydrogens is 360 g/mol. The van der Waals surface area contributed by atoms with Gasteiger partial charge in [-0.1, -0.05) is 0 Å². The van der Waals surface area contributed by atoms with Crippen molar-refractivity contribution in [3.63, 3.8) is 0 Å². The molecule has 1 aliphatic heterocycles. The molecule has 1 amide bonds. The van der Waals surface area contributed by atoms with E-state index in [4.69, 9.17) is 9.47 Å². The molecule has 4 rings (SSSR count). The Balaban J connectivity index is 1.59. The Kier molecular flexibility index (Phi) is 4.14. The SMILES string of the molecule is CC(C)n1c(=O)n(CC(=O)Nc2ccc3c(c2)OC(C)(C)O3)c2cccnc21. The molecule has 0 bridgehead atoms. The minimum Gasteiger partial charge on any atom is -0.449 e. The van der Waals surface area contributed by atoms with Crippen LogP contribution in [0.3, 0.4) is 0 Å². The van der Waals surface area contributed by atoms with Crippen molar-refractivity contribution in [1.82, 2.24) is 14.1 Å². The van der Waals surface area contributed by atoms with E-state index in [1.807, 2.05) is 27.7 Å². The zero-order valence-electron chi connectivity index (χ0n) is 16.2. The molecule has 146 valence electrons. The average molecular weight is 382 g/mol. The predicted molar refractivity (Wildman–Crippen MR) is 105 cm³/mol. The highest BCUT2D eigenvalue weighted by Crippen LogP contribution is 2.40. The number of ether oxygens (including phenoxy) is 2. The van der Waals surface area contributed by atoms with Gasteiger partial charge in [0, 0.05) is 37.8 Å². The van der Waals surface area contributed by atoms with Gasteiger partial charge in [-0.05, 0) is 38.1 Å². The maximum absolute atomic E-state index is 12.8. The number of imidazole rings is 1. The van der Waals surface area contributed by atoms with E-state index in [9.17, 15) is 9.59 Å². The lowest BCUT2D eigenvalue weighted by atomic mass is 10.3. The number of nitrogens with zero attached hydrogens (tertiary/aromatic N) is 3. The molecular formula is C20H22N4O4. The van der Waals surface area contributed by atoms with Crippen molar-refractivity contribution >= 4 is 22.8 Å². The zero-order valence-corrected chi connectivity index (χ0v) is 16.2. The third kappa shape index (κ3) is 3.11. The molecule has 1 aliphatic rings. The number of pyridine rings is 1. The molecule has 3 heterocycles. The predicted octanol–water partition coefficient (Wildman–Crippen LogP) is 2.92. The van der Waals surface area contributed by atoms with Crippen LogP contribution < -0.4 is 20.5 Å². The zero-order chi connectivity index (χ0) is 20.1. The Bertz CT molecular complexity index is 1130. The van der Waals surface area contributed by atoms with Gasteiger partial charge in [-0.3, -0.25) is 13.9 Å². The Labute approximate surface area is 161 Å². The molecule has 2 aromatic heterocycles. The summed E-state index contributed by atoms with van der Waals surface area (Å²) in [5.74, 6) is 0.155. The summed E-state index contributed by atoms with van der Waals surface area (Å²) >= 11 is 0. The Hall–Kier alpha value is -3.29. The van der Waals surface area contributed by atoms with Crippen LogP contribution in [0.1, 0.15) is 33.7 Å². The first-order valence-corrected chi connectivity index (χ1v) is 9.13. The molecule has 8 heteroatoms. The summed E-state index contributed by atoms with van der Waals surface area (Å²) in [7, 11) is 0. The molecule has 0 saturated carbocycles. The van der Waals surface area contributed by atoms with Gasteiger partial charge in [-0.25, -0.2) is 9.78 Å². The smallest absolute Gasteiger partial charge is 0.331 e. The van der Waals surface area contributed by atoms with E-state index < -0.39 is 5.79 Å². The second kappa shape index (κ2) is 6.40. The van der Waals surface area contributed by atoms with Crippen molar-refractivity contribution < 1.29 is 14.3 Å².